The van der Waals surface area contributed by atoms with E-state index in [4.69, 9.17) is 5.73 Å². The molecule has 0 aliphatic rings. The number of nitrogens with two attached hydrogens (primary N) is 1. The van der Waals surface area contributed by atoms with Crippen LogP contribution in [0.1, 0.15) is 22.8 Å². The van der Waals surface area contributed by atoms with Crippen LogP contribution >= 0.6 is 0 Å². The topological polar surface area (TPSA) is 91.0 Å². The van der Waals surface area contributed by atoms with Gasteiger partial charge in [0.1, 0.15) is 12.4 Å². The first-order valence-corrected chi connectivity index (χ1v) is 8.93. The number of halogens is 3. The van der Waals surface area contributed by atoms with Crippen molar-refractivity contribution in [3.8, 4) is 0 Å². The van der Waals surface area contributed by atoms with Crippen LogP contribution in [0.15, 0.2) is 53.5 Å². The Hall–Kier alpha value is -2.91. The number of hydrogen-bond acceptors (Lipinski definition) is 5. The fourth-order valence-corrected chi connectivity index (χ4v) is 2.60. The molecule has 2 rings (SSSR count). The maximum absolute atomic E-state index is 12.8. The highest BCUT2D eigenvalue weighted by Gasteiger charge is 2.23. The van der Waals surface area contributed by atoms with Crippen molar-refractivity contribution in [2.45, 2.75) is 25.9 Å². The molecule has 2 aromatic carbocycles. The standard InChI is InChI=1S/C20H23F3N4O2/c1-14(28)26-18-8-4-16(5-9-18)19(29)27(11-10-24)12-15-2-6-17(7-3-15)25-13-20(21,22)23/h2-9,13-14,26,28H,10-12,24H2,1H3/b25-13-. The SMILES string of the molecule is CC(O)Nc1ccc(C(=O)N(CCN)Cc2ccc(/N=C\C(F)(F)F)cc2)cc1. The number of rotatable bonds is 8. The van der Waals surface area contributed by atoms with Crippen molar-refractivity contribution in [1.29, 1.82) is 0 Å². The third-order valence-corrected chi connectivity index (χ3v) is 3.86. The number of amides is 1. The zero-order valence-corrected chi connectivity index (χ0v) is 15.9. The normalized spacial score (nSPS) is 12.8. The number of aliphatic hydroxyl groups excluding tert-OH is 1. The molecular weight excluding hydrogens is 385 g/mol. The molecule has 0 fully saturated rings. The Kier molecular flexibility index (Phi) is 7.74. The first-order chi connectivity index (χ1) is 13.7. The molecule has 2 aromatic rings. The van der Waals surface area contributed by atoms with Gasteiger partial charge in [-0.2, -0.15) is 13.2 Å². The molecule has 0 heterocycles. The Morgan fingerprint density at radius 3 is 2.34 bits per heavy atom. The van der Waals surface area contributed by atoms with E-state index in [-0.39, 0.29) is 30.9 Å². The highest BCUT2D eigenvalue weighted by Crippen LogP contribution is 2.19. The van der Waals surface area contributed by atoms with Crippen LogP contribution in [-0.4, -0.2) is 47.6 Å². The quantitative estimate of drug-likeness (QED) is 0.462. The lowest BCUT2D eigenvalue weighted by molar-refractivity contribution is -0.0535. The number of alkyl halides is 3. The fraction of sp³-hybridized carbons (Fsp3) is 0.300. The van der Waals surface area contributed by atoms with Gasteiger partial charge in [0.05, 0.1) is 5.69 Å². The number of aliphatic hydroxyl groups is 1. The molecule has 9 heteroatoms. The molecule has 6 nitrogen and oxygen atoms in total. The van der Waals surface area contributed by atoms with Gasteiger partial charge >= 0.3 is 6.18 Å². The summed E-state index contributed by atoms with van der Waals surface area (Å²) in [6.07, 6.45) is -5.25. The minimum Gasteiger partial charge on any atom is -0.374 e. The van der Waals surface area contributed by atoms with Crippen LogP contribution < -0.4 is 11.1 Å². The summed E-state index contributed by atoms with van der Waals surface area (Å²) in [7, 11) is 0. The van der Waals surface area contributed by atoms with E-state index in [1.807, 2.05) is 0 Å². The third kappa shape index (κ3) is 7.55. The second kappa shape index (κ2) is 10.0. The molecule has 0 saturated heterocycles. The van der Waals surface area contributed by atoms with Gasteiger partial charge < -0.3 is 21.1 Å². The maximum atomic E-state index is 12.8. The van der Waals surface area contributed by atoms with Gasteiger partial charge in [0.15, 0.2) is 0 Å². The zero-order chi connectivity index (χ0) is 21.4. The molecule has 0 aliphatic carbocycles. The molecule has 1 atom stereocenters. The number of anilines is 1. The van der Waals surface area contributed by atoms with E-state index in [2.05, 4.69) is 10.3 Å². The van der Waals surface area contributed by atoms with Crippen LogP contribution in [0.2, 0.25) is 0 Å². The smallest absolute Gasteiger partial charge is 0.374 e. The van der Waals surface area contributed by atoms with E-state index < -0.39 is 12.4 Å². The summed E-state index contributed by atoms with van der Waals surface area (Å²) < 4.78 is 36.6. The third-order valence-electron chi connectivity index (χ3n) is 3.86. The highest BCUT2D eigenvalue weighted by molar-refractivity contribution is 5.94. The second-order valence-corrected chi connectivity index (χ2v) is 6.38. The van der Waals surface area contributed by atoms with E-state index in [0.29, 0.717) is 17.8 Å². The predicted octanol–water partition coefficient (Wildman–Crippen LogP) is 3.30. The monoisotopic (exact) mass is 408 g/mol. The van der Waals surface area contributed by atoms with E-state index in [9.17, 15) is 23.1 Å². The van der Waals surface area contributed by atoms with Gasteiger partial charge in [-0.25, -0.2) is 0 Å². The van der Waals surface area contributed by atoms with Gasteiger partial charge in [0.25, 0.3) is 5.91 Å². The van der Waals surface area contributed by atoms with Gasteiger partial charge in [-0.15, -0.1) is 0 Å². The number of hydrogen-bond donors (Lipinski definition) is 3. The van der Waals surface area contributed by atoms with Crippen molar-refractivity contribution in [1.82, 2.24) is 4.90 Å². The average molecular weight is 408 g/mol. The van der Waals surface area contributed by atoms with Crippen molar-refractivity contribution < 1.29 is 23.1 Å². The summed E-state index contributed by atoms with van der Waals surface area (Å²) in [5.41, 5.74) is 7.67. The lowest BCUT2D eigenvalue weighted by atomic mass is 10.1. The van der Waals surface area contributed by atoms with Gasteiger partial charge in [-0.3, -0.25) is 9.79 Å². The van der Waals surface area contributed by atoms with E-state index >= 15 is 0 Å². The number of nitrogens with one attached hydrogen (secondary N) is 1. The molecule has 0 aromatic heterocycles. The lowest BCUT2D eigenvalue weighted by Crippen LogP contribution is -2.34. The molecule has 0 spiro atoms. The number of nitrogens with zero attached hydrogens (tertiary/aromatic N) is 2. The molecule has 0 radical (unpaired) electrons. The molecule has 4 N–H and O–H groups in total. The Labute approximate surface area is 166 Å². The Morgan fingerprint density at radius 1 is 1.21 bits per heavy atom. The van der Waals surface area contributed by atoms with E-state index in [1.165, 1.54) is 12.1 Å². The molecule has 0 bridgehead atoms. The fourth-order valence-electron chi connectivity index (χ4n) is 2.60. The second-order valence-electron chi connectivity index (χ2n) is 6.38. The predicted molar refractivity (Wildman–Crippen MR) is 106 cm³/mol. The first-order valence-electron chi connectivity index (χ1n) is 8.93. The van der Waals surface area contributed by atoms with Crippen LogP contribution in [0, 0.1) is 0 Å². The van der Waals surface area contributed by atoms with Crippen molar-refractivity contribution in [3.63, 3.8) is 0 Å². The van der Waals surface area contributed by atoms with Crippen LogP contribution in [-0.2, 0) is 6.54 Å². The first kappa shape index (κ1) is 22.4. The van der Waals surface area contributed by atoms with Crippen molar-refractivity contribution in [2.75, 3.05) is 18.4 Å². The molecule has 1 amide bonds. The van der Waals surface area contributed by atoms with Crippen molar-refractivity contribution >= 4 is 23.5 Å². The van der Waals surface area contributed by atoms with Crippen LogP contribution in [0.5, 0.6) is 0 Å². The summed E-state index contributed by atoms with van der Waals surface area (Å²) >= 11 is 0. The number of aliphatic imine (C=N–C) groups is 1. The van der Waals surface area contributed by atoms with Crippen molar-refractivity contribution in [3.05, 3.63) is 59.7 Å². The number of carbonyl (C=O) groups excluding carboxylic acids is 1. The van der Waals surface area contributed by atoms with Gasteiger partial charge in [-0.05, 0) is 48.9 Å². The van der Waals surface area contributed by atoms with Gasteiger partial charge in [-0.1, -0.05) is 12.1 Å². The molecule has 29 heavy (non-hydrogen) atoms. The Bertz CT molecular complexity index is 819. The maximum Gasteiger partial charge on any atom is 0.426 e. The van der Waals surface area contributed by atoms with Gasteiger partial charge in [0.2, 0.25) is 0 Å². The summed E-state index contributed by atoms with van der Waals surface area (Å²) in [5, 5.41) is 12.2. The van der Waals surface area contributed by atoms with E-state index in [1.54, 1.807) is 48.2 Å². The highest BCUT2D eigenvalue weighted by atomic mass is 19.4. The Morgan fingerprint density at radius 2 is 1.83 bits per heavy atom. The molecule has 0 aliphatic heterocycles. The minimum atomic E-state index is -4.47. The van der Waals surface area contributed by atoms with Crippen LogP contribution in [0.4, 0.5) is 24.5 Å². The van der Waals surface area contributed by atoms with E-state index in [0.717, 1.165) is 5.56 Å². The molecule has 156 valence electrons. The number of benzene rings is 2. The average Bonchev–Trinajstić information content (AvgIpc) is 2.66. The minimum absolute atomic E-state index is 0.0671. The van der Waals surface area contributed by atoms with Crippen molar-refractivity contribution in [2.24, 2.45) is 10.7 Å². The summed E-state index contributed by atoms with van der Waals surface area (Å²) in [4.78, 5) is 17.7. The molecule has 1 unspecified atom stereocenters. The van der Waals surface area contributed by atoms with Crippen LogP contribution in [0.3, 0.4) is 0 Å². The Balaban J connectivity index is 2.09. The van der Waals surface area contributed by atoms with Crippen LogP contribution in [0.25, 0.3) is 0 Å². The summed E-state index contributed by atoms with van der Waals surface area (Å²) in [6, 6.07) is 12.8. The summed E-state index contributed by atoms with van der Waals surface area (Å²) in [6.45, 7) is 2.43. The number of carbonyl (C=O) groups is 1. The molecule has 0 saturated carbocycles. The zero-order valence-electron chi connectivity index (χ0n) is 15.9. The summed E-state index contributed by atoms with van der Waals surface area (Å²) in [5.74, 6) is -0.224. The molecular formula is C20H23F3N4O2. The van der Waals surface area contributed by atoms with Gasteiger partial charge in [0, 0.05) is 30.9 Å². The largest absolute Gasteiger partial charge is 0.426 e. The lowest BCUT2D eigenvalue weighted by Gasteiger charge is -2.22.